The van der Waals surface area contributed by atoms with Crippen LogP contribution in [0.5, 0.6) is 0 Å². The molecule has 1 unspecified atom stereocenters. The summed E-state index contributed by atoms with van der Waals surface area (Å²) in [4.78, 5) is 23.1. The van der Waals surface area contributed by atoms with Crippen molar-refractivity contribution in [3.8, 4) is 0 Å². The van der Waals surface area contributed by atoms with E-state index in [1.54, 1.807) is 25.3 Å². The van der Waals surface area contributed by atoms with Crippen molar-refractivity contribution < 1.29 is 13.9 Å². The summed E-state index contributed by atoms with van der Waals surface area (Å²) in [7, 11) is 1.60. The fourth-order valence-corrected chi connectivity index (χ4v) is 3.22. The topological polar surface area (TPSA) is 79.4 Å². The number of rotatable bonds is 7. The van der Waals surface area contributed by atoms with Gasteiger partial charge >= 0.3 is 6.03 Å². The van der Waals surface area contributed by atoms with Crippen LogP contribution in [0.3, 0.4) is 0 Å². The predicted molar refractivity (Wildman–Crippen MR) is 121 cm³/mol. The zero-order valence-electron chi connectivity index (χ0n) is 16.8. The summed E-state index contributed by atoms with van der Waals surface area (Å²) in [5, 5.41) is 6.55. The molecule has 1 atom stereocenters. The molecule has 1 heterocycles. The van der Waals surface area contributed by atoms with Crippen molar-refractivity contribution in [1.82, 2.24) is 9.97 Å². The molecular weight excluding hydrogens is 444 g/mol. The van der Waals surface area contributed by atoms with E-state index in [9.17, 15) is 9.18 Å². The van der Waals surface area contributed by atoms with Crippen LogP contribution in [-0.2, 0) is 4.74 Å². The average Bonchev–Trinajstić information content (AvgIpc) is 2.72. The standard InChI is InChI=1S/C21H20Cl2FN5O2/c1-13(12-31-2)26-20-25-10-9-19(28-20)29(16-6-4-15(24)5-7-16)21(30)27-18-8-3-14(22)11-17(18)23/h3-11,13H,12H2,1-2H3,(H,27,30)(H,25,26,28). The number of nitrogens with zero attached hydrogens (tertiary/aromatic N) is 3. The minimum absolute atomic E-state index is 0.0544. The highest BCUT2D eigenvalue weighted by Crippen LogP contribution is 2.29. The normalized spacial score (nSPS) is 11.6. The maximum absolute atomic E-state index is 13.5. The van der Waals surface area contributed by atoms with Gasteiger partial charge in [-0.05, 0) is 49.4 Å². The van der Waals surface area contributed by atoms with E-state index in [1.807, 2.05) is 6.92 Å². The van der Waals surface area contributed by atoms with Gasteiger partial charge in [-0.3, -0.25) is 0 Å². The fourth-order valence-electron chi connectivity index (χ4n) is 2.76. The smallest absolute Gasteiger partial charge is 0.332 e. The van der Waals surface area contributed by atoms with Gasteiger partial charge in [0.05, 0.1) is 23.0 Å². The quantitative estimate of drug-likeness (QED) is 0.466. The van der Waals surface area contributed by atoms with Crippen molar-refractivity contribution in [1.29, 1.82) is 0 Å². The molecule has 0 bridgehead atoms. The van der Waals surface area contributed by atoms with E-state index in [4.69, 9.17) is 27.9 Å². The van der Waals surface area contributed by atoms with Crippen LogP contribution >= 0.6 is 23.2 Å². The van der Waals surface area contributed by atoms with Gasteiger partial charge in [-0.1, -0.05) is 23.2 Å². The van der Waals surface area contributed by atoms with Crippen LogP contribution < -0.4 is 15.5 Å². The van der Waals surface area contributed by atoms with Gasteiger partial charge in [-0.25, -0.2) is 19.1 Å². The summed E-state index contributed by atoms with van der Waals surface area (Å²) in [6.45, 7) is 2.36. The number of ether oxygens (including phenoxy) is 1. The van der Waals surface area contributed by atoms with Crippen molar-refractivity contribution in [2.24, 2.45) is 0 Å². The number of aromatic nitrogens is 2. The first-order valence-electron chi connectivity index (χ1n) is 9.27. The molecule has 31 heavy (non-hydrogen) atoms. The van der Waals surface area contributed by atoms with Gasteiger partial charge in [0.1, 0.15) is 11.6 Å². The lowest BCUT2D eigenvalue weighted by Crippen LogP contribution is -2.32. The number of benzene rings is 2. The monoisotopic (exact) mass is 463 g/mol. The number of amides is 2. The molecule has 0 saturated heterocycles. The van der Waals surface area contributed by atoms with E-state index < -0.39 is 11.8 Å². The summed E-state index contributed by atoms with van der Waals surface area (Å²) in [5.41, 5.74) is 0.767. The zero-order chi connectivity index (χ0) is 22.4. The number of anilines is 4. The fraction of sp³-hybridized carbons (Fsp3) is 0.190. The number of nitrogens with one attached hydrogen (secondary N) is 2. The van der Waals surface area contributed by atoms with Gasteiger partial charge in [-0.2, -0.15) is 4.98 Å². The average molecular weight is 464 g/mol. The second kappa shape index (κ2) is 10.4. The highest BCUT2D eigenvalue weighted by Gasteiger charge is 2.21. The highest BCUT2D eigenvalue weighted by atomic mass is 35.5. The SMILES string of the molecule is COCC(C)Nc1nccc(N(C(=O)Nc2ccc(Cl)cc2Cl)c2ccc(F)cc2)n1. The Kier molecular flexibility index (Phi) is 7.62. The number of methoxy groups -OCH3 is 1. The Morgan fingerprint density at radius 1 is 1.19 bits per heavy atom. The molecule has 3 aromatic rings. The predicted octanol–water partition coefficient (Wildman–Crippen LogP) is 5.74. The van der Waals surface area contributed by atoms with E-state index in [0.29, 0.717) is 29.0 Å². The molecule has 7 nitrogen and oxygen atoms in total. The second-order valence-electron chi connectivity index (χ2n) is 6.61. The molecule has 0 spiro atoms. The molecule has 0 fully saturated rings. The second-order valence-corrected chi connectivity index (χ2v) is 7.45. The molecule has 0 radical (unpaired) electrons. The van der Waals surface area contributed by atoms with Crippen LogP contribution in [0.15, 0.2) is 54.7 Å². The Morgan fingerprint density at radius 3 is 2.61 bits per heavy atom. The number of carbonyl (C=O) groups is 1. The first-order chi connectivity index (χ1) is 14.9. The molecule has 0 aliphatic heterocycles. The van der Waals surface area contributed by atoms with Crippen LogP contribution in [0.2, 0.25) is 10.0 Å². The Balaban J connectivity index is 1.95. The summed E-state index contributed by atoms with van der Waals surface area (Å²) in [5.74, 6) is 0.158. The highest BCUT2D eigenvalue weighted by molar-refractivity contribution is 6.36. The number of urea groups is 1. The summed E-state index contributed by atoms with van der Waals surface area (Å²) in [6, 6.07) is 11.1. The maximum Gasteiger partial charge on any atom is 0.332 e. The molecule has 162 valence electrons. The van der Waals surface area contributed by atoms with E-state index in [1.165, 1.54) is 41.4 Å². The zero-order valence-corrected chi connectivity index (χ0v) is 18.3. The van der Waals surface area contributed by atoms with Gasteiger partial charge in [0.25, 0.3) is 0 Å². The lowest BCUT2D eigenvalue weighted by molar-refractivity contribution is 0.190. The minimum atomic E-state index is -0.551. The Bertz CT molecular complexity index is 1050. The molecule has 2 amide bonds. The molecular formula is C21H20Cl2FN5O2. The van der Waals surface area contributed by atoms with Crippen molar-refractivity contribution in [3.63, 3.8) is 0 Å². The molecule has 10 heteroatoms. The van der Waals surface area contributed by atoms with Crippen LogP contribution in [0, 0.1) is 5.82 Å². The number of halogens is 3. The molecule has 3 rings (SSSR count). The summed E-state index contributed by atoms with van der Waals surface area (Å²) >= 11 is 12.1. The molecule has 1 aromatic heterocycles. The minimum Gasteiger partial charge on any atom is -0.383 e. The Hall–Kier alpha value is -2.94. The third-order valence-electron chi connectivity index (χ3n) is 4.12. The molecule has 2 aromatic carbocycles. The molecule has 0 saturated carbocycles. The van der Waals surface area contributed by atoms with E-state index >= 15 is 0 Å². The van der Waals surface area contributed by atoms with E-state index in [-0.39, 0.29) is 16.9 Å². The Morgan fingerprint density at radius 2 is 1.94 bits per heavy atom. The van der Waals surface area contributed by atoms with Crippen LogP contribution in [0.1, 0.15) is 6.92 Å². The van der Waals surface area contributed by atoms with Gasteiger partial charge in [0, 0.05) is 30.4 Å². The first kappa shape index (κ1) is 22.7. The summed E-state index contributed by atoms with van der Waals surface area (Å²) < 4.78 is 18.6. The molecule has 0 aliphatic carbocycles. The van der Waals surface area contributed by atoms with Crippen LogP contribution in [0.4, 0.5) is 32.3 Å². The largest absolute Gasteiger partial charge is 0.383 e. The van der Waals surface area contributed by atoms with E-state index in [0.717, 1.165) is 0 Å². The van der Waals surface area contributed by atoms with Crippen molar-refractivity contribution >= 4 is 52.4 Å². The summed E-state index contributed by atoms with van der Waals surface area (Å²) in [6.07, 6.45) is 1.52. The van der Waals surface area contributed by atoms with Gasteiger partial charge in [0.15, 0.2) is 0 Å². The van der Waals surface area contributed by atoms with Gasteiger partial charge in [0.2, 0.25) is 5.95 Å². The van der Waals surface area contributed by atoms with Crippen molar-refractivity contribution in [3.05, 3.63) is 70.6 Å². The van der Waals surface area contributed by atoms with Crippen LogP contribution in [-0.4, -0.2) is 35.8 Å². The van der Waals surface area contributed by atoms with Crippen LogP contribution in [0.25, 0.3) is 0 Å². The first-order valence-corrected chi connectivity index (χ1v) is 10.0. The lowest BCUT2D eigenvalue weighted by atomic mass is 10.2. The van der Waals surface area contributed by atoms with E-state index in [2.05, 4.69) is 20.6 Å². The van der Waals surface area contributed by atoms with Crippen molar-refractivity contribution in [2.45, 2.75) is 13.0 Å². The third-order valence-corrected chi connectivity index (χ3v) is 4.67. The third kappa shape index (κ3) is 6.04. The maximum atomic E-state index is 13.5. The lowest BCUT2D eigenvalue weighted by Gasteiger charge is -2.23. The Labute approximate surface area is 189 Å². The number of hydrogen-bond donors (Lipinski definition) is 2. The van der Waals surface area contributed by atoms with Gasteiger partial charge < -0.3 is 15.4 Å². The molecule has 2 N–H and O–H groups in total. The number of carbonyl (C=O) groups excluding carboxylic acids is 1. The molecule has 0 aliphatic rings. The number of hydrogen-bond acceptors (Lipinski definition) is 5. The van der Waals surface area contributed by atoms with Gasteiger partial charge in [-0.15, -0.1) is 0 Å². The van der Waals surface area contributed by atoms with Crippen molar-refractivity contribution in [2.75, 3.05) is 29.3 Å².